The van der Waals surface area contributed by atoms with Crippen LogP contribution in [0.3, 0.4) is 0 Å². The van der Waals surface area contributed by atoms with E-state index < -0.39 is 6.10 Å². The lowest BCUT2D eigenvalue weighted by atomic mass is 10.0. The largest absolute Gasteiger partial charge is 0.497 e. The van der Waals surface area contributed by atoms with Crippen LogP contribution in [0.2, 0.25) is 0 Å². The second-order valence-electron chi connectivity index (χ2n) is 4.11. The van der Waals surface area contributed by atoms with Crippen LogP contribution >= 0.6 is 0 Å². The highest BCUT2D eigenvalue weighted by molar-refractivity contribution is 5.28. The van der Waals surface area contributed by atoms with Crippen LogP contribution in [-0.2, 0) is 15.9 Å². The highest BCUT2D eigenvalue weighted by Gasteiger charge is 2.23. The van der Waals surface area contributed by atoms with Crippen LogP contribution in [0.1, 0.15) is 5.56 Å². The summed E-state index contributed by atoms with van der Waals surface area (Å²) in [6.45, 7) is 1.63. The van der Waals surface area contributed by atoms with Gasteiger partial charge in [-0.15, -0.1) is 0 Å². The molecule has 0 radical (unpaired) electrons. The first-order valence-electron chi connectivity index (χ1n) is 5.80. The Hall–Kier alpha value is -1.10. The van der Waals surface area contributed by atoms with Gasteiger partial charge >= 0.3 is 0 Å². The monoisotopic (exact) mass is 238 g/mol. The lowest BCUT2D eigenvalue weighted by Crippen LogP contribution is -2.39. The minimum atomic E-state index is -0.539. The van der Waals surface area contributed by atoms with Crippen LogP contribution in [-0.4, -0.2) is 44.2 Å². The molecule has 0 aliphatic carbocycles. The van der Waals surface area contributed by atoms with E-state index in [9.17, 15) is 5.11 Å². The molecule has 4 heteroatoms. The quantitative estimate of drug-likeness (QED) is 0.850. The Kier molecular flexibility index (Phi) is 4.36. The maximum absolute atomic E-state index is 10.0. The smallest absolute Gasteiger partial charge is 0.119 e. The van der Waals surface area contributed by atoms with Gasteiger partial charge in [0.1, 0.15) is 11.9 Å². The van der Waals surface area contributed by atoms with E-state index in [2.05, 4.69) is 0 Å². The van der Waals surface area contributed by atoms with E-state index in [1.807, 2.05) is 24.3 Å². The SMILES string of the molecule is COc1cccc(CC(O)C2COCCO2)c1. The molecule has 0 spiro atoms. The molecular formula is C13H18O4. The predicted octanol–water partition coefficient (Wildman–Crippen LogP) is 1.01. The van der Waals surface area contributed by atoms with Crippen molar-refractivity contribution in [1.82, 2.24) is 0 Å². The minimum absolute atomic E-state index is 0.227. The Morgan fingerprint density at radius 2 is 2.35 bits per heavy atom. The van der Waals surface area contributed by atoms with Crippen molar-refractivity contribution in [1.29, 1.82) is 0 Å². The highest BCUT2D eigenvalue weighted by Crippen LogP contribution is 2.16. The summed E-state index contributed by atoms with van der Waals surface area (Å²) in [7, 11) is 1.63. The first kappa shape index (κ1) is 12.4. The minimum Gasteiger partial charge on any atom is -0.497 e. The topological polar surface area (TPSA) is 47.9 Å². The van der Waals surface area contributed by atoms with Gasteiger partial charge in [0, 0.05) is 6.42 Å². The molecule has 1 saturated heterocycles. The van der Waals surface area contributed by atoms with Gasteiger partial charge in [-0.1, -0.05) is 12.1 Å². The molecule has 4 nitrogen and oxygen atoms in total. The maximum Gasteiger partial charge on any atom is 0.119 e. The normalized spacial score (nSPS) is 22.1. The third-order valence-corrected chi connectivity index (χ3v) is 2.85. The van der Waals surface area contributed by atoms with E-state index >= 15 is 0 Å². The molecule has 1 aromatic carbocycles. The van der Waals surface area contributed by atoms with E-state index in [1.165, 1.54) is 0 Å². The molecule has 2 atom stereocenters. The number of methoxy groups -OCH3 is 1. The summed E-state index contributed by atoms with van der Waals surface area (Å²) in [6.07, 6.45) is -0.219. The van der Waals surface area contributed by atoms with Crippen LogP contribution in [0.15, 0.2) is 24.3 Å². The van der Waals surface area contributed by atoms with Crippen molar-refractivity contribution >= 4 is 0 Å². The molecule has 1 N–H and O–H groups in total. The summed E-state index contributed by atoms with van der Waals surface area (Å²) >= 11 is 0. The molecule has 1 aliphatic heterocycles. The van der Waals surface area contributed by atoms with Gasteiger partial charge in [0.25, 0.3) is 0 Å². The number of hydrogen-bond acceptors (Lipinski definition) is 4. The van der Waals surface area contributed by atoms with E-state index in [0.29, 0.717) is 26.2 Å². The van der Waals surface area contributed by atoms with Crippen LogP contribution in [0, 0.1) is 0 Å². The summed E-state index contributed by atoms with van der Waals surface area (Å²) in [5, 5.41) is 10.0. The first-order chi connectivity index (χ1) is 8.29. The van der Waals surface area contributed by atoms with Crippen molar-refractivity contribution in [3.63, 3.8) is 0 Å². The predicted molar refractivity (Wildman–Crippen MR) is 63.3 cm³/mol. The van der Waals surface area contributed by atoms with Gasteiger partial charge in [-0.05, 0) is 17.7 Å². The molecule has 0 amide bonds. The lowest BCUT2D eigenvalue weighted by molar-refractivity contribution is -0.131. The second-order valence-corrected chi connectivity index (χ2v) is 4.11. The summed E-state index contributed by atoms with van der Waals surface area (Å²) < 4.78 is 15.9. The summed E-state index contributed by atoms with van der Waals surface area (Å²) in [5.41, 5.74) is 1.03. The second kappa shape index (κ2) is 6.00. The van der Waals surface area contributed by atoms with Gasteiger partial charge in [0.05, 0.1) is 33.0 Å². The molecule has 94 valence electrons. The maximum atomic E-state index is 10.0. The molecule has 0 saturated carbocycles. The van der Waals surface area contributed by atoms with Crippen LogP contribution in [0.5, 0.6) is 5.75 Å². The Balaban J connectivity index is 1.94. The number of benzene rings is 1. The van der Waals surface area contributed by atoms with Gasteiger partial charge < -0.3 is 19.3 Å². The Labute approximate surface area is 101 Å². The van der Waals surface area contributed by atoms with Crippen molar-refractivity contribution in [2.24, 2.45) is 0 Å². The van der Waals surface area contributed by atoms with Crippen LogP contribution < -0.4 is 4.74 Å². The standard InChI is InChI=1S/C13H18O4/c1-15-11-4-2-3-10(7-11)8-12(14)13-9-16-5-6-17-13/h2-4,7,12-14H,5-6,8-9H2,1H3. The molecule has 0 aromatic heterocycles. The fourth-order valence-corrected chi connectivity index (χ4v) is 1.90. The van der Waals surface area contributed by atoms with Crippen molar-refractivity contribution in [2.75, 3.05) is 26.9 Å². The Morgan fingerprint density at radius 1 is 1.47 bits per heavy atom. The van der Waals surface area contributed by atoms with Crippen molar-refractivity contribution in [3.8, 4) is 5.75 Å². The van der Waals surface area contributed by atoms with E-state index in [-0.39, 0.29) is 6.10 Å². The molecule has 0 bridgehead atoms. The van der Waals surface area contributed by atoms with Crippen molar-refractivity contribution in [3.05, 3.63) is 29.8 Å². The molecule has 1 fully saturated rings. The molecular weight excluding hydrogens is 220 g/mol. The first-order valence-corrected chi connectivity index (χ1v) is 5.80. The number of aliphatic hydroxyl groups is 1. The van der Waals surface area contributed by atoms with Gasteiger partial charge in [0.15, 0.2) is 0 Å². The zero-order valence-corrected chi connectivity index (χ0v) is 9.96. The van der Waals surface area contributed by atoms with E-state index in [4.69, 9.17) is 14.2 Å². The van der Waals surface area contributed by atoms with Gasteiger partial charge in [0.2, 0.25) is 0 Å². The van der Waals surface area contributed by atoms with Crippen LogP contribution in [0.25, 0.3) is 0 Å². The molecule has 1 aromatic rings. The molecule has 1 aliphatic rings. The Bertz CT molecular complexity index is 347. The summed E-state index contributed by atoms with van der Waals surface area (Å²) in [6, 6.07) is 7.69. The summed E-state index contributed by atoms with van der Waals surface area (Å²) in [4.78, 5) is 0. The third-order valence-electron chi connectivity index (χ3n) is 2.85. The van der Waals surface area contributed by atoms with Gasteiger partial charge in [-0.3, -0.25) is 0 Å². The van der Waals surface area contributed by atoms with Gasteiger partial charge in [-0.2, -0.15) is 0 Å². The van der Waals surface area contributed by atoms with Gasteiger partial charge in [-0.25, -0.2) is 0 Å². The fraction of sp³-hybridized carbons (Fsp3) is 0.538. The third kappa shape index (κ3) is 3.43. The van der Waals surface area contributed by atoms with E-state index in [0.717, 1.165) is 11.3 Å². The molecule has 2 rings (SSSR count). The summed E-state index contributed by atoms with van der Waals surface area (Å²) in [5.74, 6) is 0.801. The van der Waals surface area contributed by atoms with E-state index in [1.54, 1.807) is 7.11 Å². The molecule has 2 unspecified atom stereocenters. The van der Waals surface area contributed by atoms with Crippen molar-refractivity contribution < 1.29 is 19.3 Å². The zero-order valence-electron chi connectivity index (χ0n) is 9.96. The average molecular weight is 238 g/mol. The fourth-order valence-electron chi connectivity index (χ4n) is 1.90. The number of aliphatic hydroxyl groups excluding tert-OH is 1. The highest BCUT2D eigenvalue weighted by atomic mass is 16.6. The van der Waals surface area contributed by atoms with Crippen molar-refractivity contribution in [2.45, 2.75) is 18.6 Å². The van der Waals surface area contributed by atoms with Crippen LogP contribution in [0.4, 0.5) is 0 Å². The lowest BCUT2D eigenvalue weighted by Gasteiger charge is -2.27. The number of rotatable bonds is 4. The molecule has 1 heterocycles. The molecule has 17 heavy (non-hydrogen) atoms. The number of hydrogen-bond donors (Lipinski definition) is 1. The number of ether oxygens (including phenoxy) is 3. The Morgan fingerprint density at radius 3 is 3.06 bits per heavy atom. The average Bonchev–Trinajstić information content (AvgIpc) is 2.40. The zero-order chi connectivity index (χ0) is 12.1.